The van der Waals surface area contributed by atoms with Crippen LogP contribution in [0, 0.1) is 5.41 Å². The minimum absolute atomic E-state index is 0.198. The summed E-state index contributed by atoms with van der Waals surface area (Å²) in [7, 11) is 0. The molecule has 11 heavy (non-hydrogen) atoms. The number of nitrogens with zero attached hydrogens (tertiary/aromatic N) is 1. The van der Waals surface area contributed by atoms with Crippen LogP contribution in [0.15, 0.2) is 0 Å². The van der Waals surface area contributed by atoms with Crippen LogP contribution in [0.5, 0.6) is 0 Å². The summed E-state index contributed by atoms with van der Waals surface area (Å²) in [6.07, 6.45) is 0. The lowest BCUT2D eigenvalue weighted by Crippen LogP contribution is -2.54. The fourth-order valence-corrected chi connectivity index (χ4v) is 2.02. The number of alkyl halides is 1. The Morgan fingerprint density at radius 2 is 1.91 bits per heavy atom. The zero-order valence-corrected chi connectivity index (χ0v) is 9.38. The van der Waals surface area contributed by atoms with E-state index in [0.29, 0.717) is 3.92 Å². The van der Waals surface area contributed by atoms with Gasteiger partial charge in [0.25, 0.3) is 0 Å². The maximum atomic E-state index is 11.5. The van der Waals surface area contributed by atoms with E-state index in [-0.39, 0.29) is 11.3 Å². The van der Waals surface area contributed by atoms with E-state index < -0.39 is 0 Å². The third kappa shape index (κ3) is 2.07. The van der Waals surface area contributed by atoms with Crippen molar-refractivity contribution in [3.63, 3.8) is 0 Å². The molecule has 0 aliphatic carbocycles. The molecule has 1 aliphatic heterocycles. The Morgan fingerprint density at radius 1 is 1.45 bits per heavy atom. The second-order valence-electron chi connectivity index (χ2n) is 4.06. The summed E-state index contributed by atoms with van der Waals surface area (Å²) in [5.41, 5.74) is -0.198. The SMILES string of the molecule is CC(C)(C)C(=O)N1CC(I)C1. The zero-order chi connectivity index (χ0) is 8.65. The summed E-state index contributed by atoms with van der Waals surface area (Å²) in [4.78, 5) is 13.4. The number of halogens is 1. The molecule has 0 atom stereocenters. The van der Waals surface area contributed by atoms with Crippen LogP contribution in [0.3, 0.4) is 0 Å². The van der Waals surface area contributed by atoms with Gasteiger partial charge in [0.15, 0.2) is 0 Å². The molecule has 0 aromatic carbocycles. The standard InChI is InChI=1S/C8H14INO/c1-8(2,3)7(11)10-4-6(9)5-10/h6H,4-5H2,1-3H3. The van der Waals surface area contributed by atoms with Gasteiger partial charge in [0.05, 0.1) is 0 Å². The van der Waals surface area contributed by atoms with Crippen molar-refractivity contribution in [2.24, 2.45) is 5.41 Å². The van der Waals surface area contributed by atoms with Crippen molar-refractivity contribution in [3.8, 4) is 0 Å². The van der Waals surface area contributed by atoms with E-state index in [4.69, 9.17) is 0 Å². The van der Waals surface area contributed by atoms with Crippen molar-refractivity contribution in [2.75, 3.05) is 13.1 Å². The van der Waals surface area contributed by atoms with Crippen LogP contribution in [-0.4, -0.2) is 27.8 Å². The van der Waals surface area contributed by atoms with E-state index in [1.165, 1.54) is 0 Å². The second kappa shape index (κ2) is 2.92. The predicted molar refractivity (Wildman–Crippen MR) is 53.8 cm³/mol. The average molecular weight is 267 g/mol. The third-order valence-corrected chi connectivity index (χ3v) is 2.55. The molecule has 0 aromatic heterocycles. The van der Waals surface area contributed by atoms with Crippen molar-refractivity contribution < 1.29 is 4.79 Å². The van der Waals surface area contributed by atoms with Gasteiger partial charge in [0.2, 0.25) is 5.91 Å². The summed E-state index contributed by atoms with van der Waals surface area (Å²) < 4.78 is 0.680. The van der Waals surface area contributed by atoms with E-state index >= 15 is 0 Å². The lowest BCUT2D eigenvalue weighted by molar-refractivity contribution is -0.142. The second-order valence-corrected chi connectivity index (χ2v) is 5.82. The number of hydrogen-bond acceptors (Lipinski definition) is 1. The van der Waals surface area contributed by atoms with Gasteiger partial charge in [-0.05, 0) is 0 Å². The Kier molecular flexibility index (Phi) is 2.46. The largest absolute Gasteiger partial charge is 0.340 e. The summed E-state index contributed by atoms with van der Waals surface area (Å²) in [5, 5.41) is 0. The van der Waals surface area contributed by atoms with Crippen molar-refractivity contribution in [3.05, 3.63) is 0 Å². The van der Waals surface area contributed by atoms with Crippen molar-refractivity contribution in [1.29, 1.82) is 0 Å². The first-order valence-electron chi connectivity index (χ1n) is 3.84. The maximum Gasteiger partial charge on any atom is 0.228 e. The molecular formula is C8H14INO. The van der Waals surface area contributed by atoms with Gasteiger partial charge in [0.1, 0.15) is 0 Å². The molecule has 1 heterocycles. The highest BCUT2D eigenvalue weighted by Gasteiger charge is 2.34. The molecule has 1 aliphatic rings. The van der Waals surface area contributed by atoms with E-state index in [9.17, 15) is 4.79 Å². The molecule has 2 nitrogen and oxygen atoms in total. The average Bonchev–Trinajstić information content (AvgIpc) is 1.77. The fourth-order valence-electron chi connectivity index (χ4n) is 1.06. The van der Waals surface area contributed by atoms with Crippen LogP contribution in [0.4, 0.5) is 0 Å². The number of carbonyl (C=O) groups excluding carboxylic acids is 1. The molecular weight excluding hydrogens is 253 g/mol. The lowest BCUT2D eigenvalue weighted by atomic mass is 9.93. The Hall–Kier alpha value is 0.200. The van der Waals surface area contributed by atoms with Crippen molar-refractivity contribution in [2.45, 2.75) is 24.7 Å². The molecule has 0 spiro atoms. The number of amides is 1. The minimum Gasteiger partial charge on any atom is -0.340 e. The molecule has 64 valence electrons. The first kappa shape index (κ1) is 9.29. The van der Waals surface area contributed by atoms with Crippen LogP contribution in [-0.2, 0) is 4.79 Å². The van der Waals surface area contributed by atoms with Crippen molar-refractivity contribution >= 4 is 28.5 Å². The van der Waals surface area contributed by atoms with Crippen LogP contribution in [0.1, 0.15) is 20.8 Å². The van der Waals surface area contributed by atoms with Gasteiger partial charge in [-0.2, -0.15) is 0 Å². The highest BCUT2D eigenvalue weighted by molar-refractivity contribution is 14.1. The van der Waals surface area contributed by atoms with Crippen LogP contribution in [0.25, 0.3) is 0 Å². The lowest BCUT2D eigenvalue weighted by Gasteiger charge is -2.39. The monoisotopic (exact) mass is 267 g/mol. The van der Waals surface area contributed by atoms with E-state index in [2.05, 4.69) is 22.6 Å². The zero-order valence-electron chi connectivity index (χ0n) is 7.22. The molecule has 1 fully saturated rings. The molecule has 1 amide bonds. The van der Waals surface area contributed by atoms with Gasteiger partial charge in [-0.3, -0.25) is 4.79 Å². The van der Waals surface area contributed by atoms with Gasteiger partial charge >= 0.3 is 0 Å². The first-order valence-corrected chi connectivity index (χ1v) is 5.09. The van der Waals surface area contributed by atoms with Gasteiger partial charge in [-0.25, -0.2) is 0 Å². The molecule has 1 saturated heterocycles. The Morgan fingerprint density at radius 3 is 2.18 bits per heavy atom. The molecule has 0 aromatic rings. The van der Waals surface area contributed by atoms with E-state index in [1.54, 1.807) is 0 Å². The third-order valence-electron chi connectivity index (χ3n) is 1.77. The van der Waals surface area contributed by atoms with E-state index in [1.807, 2.05) is 25.7 Å². The quantitative estimate of drug-likeness (QED) is 0.483. The van der Waals surface area contributed by atoms with Gasteiger partial charge in [0, 0.05) is 22.4 Å². The summed E-state index contributed by atoms with van der Waals surface area (Å²) >= 11 is 2.38. The van der Waals surface area contributed by atoms with Crippen molar-refractivity contribution in [1.82, 2.24) is 4.90 Å². The van der Waals surface area contributed by atoms with Gasteiger partial charge in [-0.15, -0.1) is 0 Å². The van der Waals surface area contributed by atoms with Crippen LogP contribution >= 0.6 is 22.6 Å². The van der Waals surface area contributed by atoms with Gasteiger partial charge < -0.3 is 4.90 Å². The summed E-state index contributed by atoms with van der Waals surface area (Å²) in [6, 6.07) is 0. The number of likely N-dealkylation sites (tertiary alicyclic amines) is 1. The highest BCUT2D eigenvalue weighted by Crippen LogP contribution is 2.24. The van der Waals surface area contributed by atoms with E-state index in [0.717, 1.165) is 13.1 Å². The Bertz CT molecular complexity index is 167. The Balaban J connectivity index is 2.45. The highest BCUT2D eigenvalue weighted by atomic mass is 127. The molecule has 0 N–H and O–H groups in total. The van der Waals surface area contributed by atoms with Crippen LogP contribution in [0.2, 0.25) is 0 Å². The topological polar surface area (TPSA) is 20.3 Å². The molecule has 0 saturated carbocycles. The molecule has 0 radical (unpaired) electrons. The first-order chi connectivity index (χ1) is 4.91. The predicted octanol–water partition coefficient (Wildman–Crippen LogP) is 1.68. The minimum atomic E-state index is -0.198. The van der Waals surface area contributed by atoms with Crippen LogP contribution < -0.4 is 0 Å². The number of rotatable bonds is 0. The molecule has 3 heteroatoms. The molecule has 0 unspecified atom stereocenters. The molecule has 1 rings (SSSR count). The fraction of sp³-hybridized carbons (Fsp3) is 0.875. The maximum absolute atomic E-state index is 11.5. The Labute approximate surface area is 81.5 Å². The smallest absolute Gasteiger partial charge is 0.228 e. The normalized spacial score (nSPS) is 19.8. The molecule has 0 bridgehead atoms. The summed E-state index contributed by atoms with van der Waals surface area (Å²) in [6.45, 7) is 7.79. The summed E-state index contributed by atoms with van der Waals surface area (Å²) in [5.74, 6) is 0.283. The number of hydrogen-bond donors (Lipinski definition) is 0. The van der Waals surface area contributed by atoms with Gasteiger partial charge in [-0.1, -0.05) is 43.4 Å². The number of carbonyl (C=O) groups is 1.